The van der Waals surface area contributed by atoms with Gasteiger partial charge in [0.05, 0.1) is 16.9 Å². The van der Waals surface area contributed by atoms with Crippen LogP contribution >= 0.6 is 11.6 Å². The molecule has 4 heteroatoms. The van der Waals surface area contributed by atoms with Crippen LogP contribution in [0.1, 0.15) is 57.0 Å². The Morgan fingerprint density at radius 3 is 2.81 bits per heavy atom. The summed E-state index contributed by atoms with van der Waals surface area (Å²) in [7, 11) is 0. The highest BCUT2D eigenvalue weighted by Gasteiger charge is 2.35. The van der Waals surface area contributed by atoms with Crippen LogP contribution in [0.4, 0.5) is 4.39 Å². The largest absolute Gasteiger partial charge is 0.323 e. The van der Waals surface area contributed by atoms with Crippen LogP contribution in [0.3, 0.4) is 0 Å². The van der Waals surface area contributed by atoms with E-state index in [1.165, 1.54) is 25.3 Å². The summed E-state index contributed by atoms with van der Waals surface area (Å²) in [5.74, 6) is 1.02. The Labute approximate surface area is 130 Å². The van der Waals surface area contributed by atoms with Gasteiger partial charge in [-0.25, -0.2) is 9.37 Å². The molecule has 21 heavy (non-hydrogen) atoms. The summed E-state index contributed by atoms with van der Waals surface area (Å²) in [5.41, 5.74) is 2.62. The smallest absolute Gasteiger partial charge is 0.128 e. The average Bonchev–Trinajstić information content (AvgIpc) is 2.76. The maximum absolute atomic E-state index is 13.8. The lowest BCUT2D eigenvalue weighted by molar-refractivity contribution is 0.145. The number of hydrogen-bond acceptors (Lipinski definition) is 1. The fourth-order valence-electron chi connectivity index (χ4n) is 3.67. The zero-order chi connectivity index (χ0) is 15.2. The molecular formula is C17H22ClFN2. The molecule has 1 saturated carbocycles. The van der Waals surface area contributed by atoms with Gasteiger partial charge in [0.25, 0.3) is 0 Å². The highest BCUT2D eigenvalue weighted by Crippen LogP contribution is 2.45. The molecule has 2 nitrogen and oxygen atoms in total. The number of rotatable bonds is 2. The van der Waals surface area contributed by atoms with Crippen molar-refractivity contribution in [2.75, 3.05) is 0 Å². The Morgan fingerprint density at radius 2 is 2.14 bits per heavy atom. The maximum atomic E-state index is 13.8. The van der Waals surface area contributed by atoms with E-state index in [1.54, 1.807) is 6.92 Å². The Kier molecular flexibility index (Phi) is 3.73. The lowest BCUT2D eigenvalue weighted by atomic mass is 9.73. The van der Waals surface area contributed by atoms with Crippen molar-refractivity contribution in [3.8, 4) is 0 Å². The minimum absolute atomic E-state index is 0.198. The first kappa shape index (κ1) is 14.8. The second-order valence-electron chi connectivity index (χ2n) is 6.87. The van der Waals surface area contributed by atoms with Gasteiger partial charge in [0.15, 0.2) is 0 Å². The topological polar surface area (TPSA) is 17.8 Å². The Hall–Kier alpha value is -1.09. The van der Waals surface area contributed by atoms with E-state index in [0.29, 0.717) is 17.5 Å². The predicted octanol–water partition coefficient (Wildman–Crippen LogP) is 5.36. The summed E-state index contributed by atoms with van der Waals surface area (Å²) in [6.45, 7) is 6.44. The molecule has 1 heterocycles. The molecule has 0 saturated heterocycles. The van der Waals surface area contributed by atoms with Crippen molar-refractivity contribution in [1.82, 2.24) is 9.55 Å². The molecule has 1 aromatic heterocycles. The predicted molar refractivity (Wildman–Crippen MR) is 85.3 cm³/mol. The molecule has 0 spiro atoms. The summed E-state index contributed by atoms with van der Waals surface area (Å²) in [6, 6.07) is 3.83. The van der Waals surface area contributed by atoms with Crippen molar-refractivity contribution < 1.29 is 4.39 Å². The van der Waals surface area contributed by atoms with Crippen molar-refractivity contribution >= 4 is 22.6 Å². The molecule has 1 aromatic carbocycles. The van der Waals surface area contributed by atoms with Gasteiger partial charge in [-0.3, -0.25) is 0 Å². The van der Waals surface area contributed by atoms with E-state index >= 15 is 0 Å². The molecule has 1 fully saturated rings. The van der Waals surface area contributed by atoms with Gasteiger partial charge < -0.3 is 4.57 Å². The third kappa shape index (κ3) is 2.46. The summed E-state index contributed by atoms with van der Waals surface area (Å²) in [5, 5.41) is 0. The minimum Gasteiger partial charge on any atom is -0.323 e. The first-order valence-electron chi connectivity index (χ1n) is 7.67. The van der Waals surface area contributed by atoms with Gasteiger partial charge >= 0.3 is 0 Å². The number of benzene rings is 1. The average molecular weight is 309 g/mol. The third-order valence-electron chi connectivity index (χ3n) is 4.92. The van der Waals surface area contributed by atoms with Gasteiger partial charge in [0, 0.05) is 12.1 Å². The zero-order valence-corrected chi connectivity index (χ0v) is 13.7. The van der Waals surface area contributed by atoms with Crippen LogP contribution in [0.25, 0.3) is 11.0 Å². The summed E-state index contributed by atoms with van der Waals surface area (Å²) >= 11 is 6.12. The van der Waals surface area contributed by atoms with Crippen LogP contribution in [0, 0.1) is 18.2 Å². The number of imidazole rings is 1. The standard InChI is InChI=1S/C17H22ClFN2/c1-11-8-14-13(9-12(11)19)20-16(10-18)21(14)15-6-4-5-7-17(15,2)3/h8-9,15H,4-7,10H2,1-3H3. The summed E-state index contributed by atoms with van der Waals surface area (Å²) < 4.78 is 16.1. The SMILES string of the molecule is Cc1cc2c(cc1F)nc(CCl)n2C1CCCCC1(C)C. The molecule has 1 aliphatic rings. The van der Waals surface area contributed by atoms with E-state index in [1.807, 2.05) is 6.07 Å². The van der Waals surface area contributed by atoms with Crippen LogP contribution in [0.2, 0.25) is 0 Å². The van der Waals surface area contributed by atoms with Crippen LogP contribution in [0.5, 0.6) is 0 Å². The molecule has 0 amide bonds. The first-order chi connectivity index (χ1) is 9.94. The van der Waals surface area contributed by atoms with Crippen LogP contribution in [-0.2, 0) is 5.88 Å². The minimum atomic E-state index is -0.198. The Bertz CT molecular complexity index is 675. The highest BCUT2D eigenvalue weighted by molar-refractivity contribution is 6.16. The second kappa shape index (κ2) is 5.28. The molecule has 1 unspecified atom stereocenters. The molecule has 0 N–H and O–H groups in total. The van der Waals surface area contributed by atoms with E-state index in [9.17, 15) is 4.39 Å². The lowest BCUT2D eigenvalue weighted by Crippen LogP contribution is -2.31. The number of alkyl halides is 1. The number of nitrogens with zero attached hydrogens (tertiary/aromatic N) is 2. The van der Waals surface area contributed by atoms with Crippen LogP contribution in [0.15, 0.2) is 12.1 Å². The molecule has 0 aliphatic heterocycles. The van der Waals surface area contributed by atoms with Gasteiger partial charge in [-0.15, -0.1) is 11.6 Å². The molecular weight excluding hydrogens is 287 g/mol. The first-order valence-corrected chi connectivity index (χ1v) is 8.20. The van der Waals surface area contributed by atoms with E-state index < -0.39 is 0 Å². The van der Waals surface area contributed by atoms with Crippen LogP contribution in [-0.4, -0.2) is 9.55 Å². The van der Waals surface area contributed by atoms with Gasteiger partial charge in [0.2, 0.25) is 0 Å². The van der Waals surface area contributed by atoms with Crippen molar-refractivity contribution in [1.29, 1.82) is 0 Å². The van der Waals surface area contributed by atoms with E-state index in [0.717, 1.165) is 23.3 Å². The molecule has 2 aromatic rings. The molecule has 1 atom stereocenters. The fourth-order valence-corrected chi connectivity index (χ4v) is 3.86. The van der Waals surface area contributed by atoms with Gasteiger partial charge in [-0.2, -0.15) is 0 Å². The highest BCUT2D eigenvalue weighted by atomic mass is 35.5. The maximum Gasteiger partial charge on any atom is 0.128 e. The molecule has 0 bridgehead atoms. The van der Waals surface area contributed by atoms with Crippen molar-refractivity contribution in [2.45, 2.75) is 58.4 Å². The third-order valence-corrected chi connectivity index (χ3v) is 5.16. The number of hydrogen-bond donors (Lipinski definition) is 0. The van der Waals surface area contributed by atoms with E-state index in [-0.39, 0.29) is 11.2 Å². The molecule has 1 aliphatic carbocycles. The van der Waals surface area contributed by atoms with E-state index in [4.69, 9.17) is 11.6 Å². The normalized spacial score (nSPS) is 21.9. The molecule has 0 radical (unpaired) electrons. The van der Waals surface area contributed by atoms with Crippen molar-refractivity contribution in [3.05, 3.63) is 29.3 Å². The summed E-state index contributed by atoms with van der Waals surface area (Å²) in [6.07, 6.45) is 4.85. The number of halogens is 2. The molecule has 3 rings (SSSR count). The number of aryl methyl sites for hydroxylation is 1. The quantitative estimate of drug-likeness (QED) is 0.682. The van der Waals surface area contributed by atoms with Gasteiger partial charge in [0.1, 0.15) is 11.6 Å². The second-order valence-corrected chi connectivity index (χ2v) is 7.14. The number of aromatic nitrogens is 2. The zero-order valence-electron chi connectivity index (χ0n) is 12.9. The monoisotopic (exact) mass is 308 g/mol. The van der Waals surface area contributed by atoms with Crippen molar-refractivity contribution in [2.24, 2.45) is 5.41 Å². The van der Waals surface area contributed by atoms with Gasteiger partial charge in [-0.05, 0) is 36.8 Å². The molecule has 114 valence electrons. The van der Waals surface area contributed by atoms with Crippen LogP contribution < -0.4 is 0 Å². The van der Waals surface area contributed by atoms with Crippen molar-refractivity contribution in [3.63, 3.8) is 0 Å². The van der Waals surface area contributed by atoms with Gasteiger partial charge in [-0.1, -0.05) is 26.7 Å². The number of fused-ring (bicyclic) bond motifs is 1. The fraction of sp³-hybridized carbons (Fsp3) is 0.588. The Balaban J connectivity index is 2.22. The lowest BCUT2D eigenvalue weighted by Gasteiger charge is -2.40. The summed E-state index contributed by atoms with van der Waals surface area (Å²) in [4.78, 5) is 4.56. The Morgan fingerprint density at radius 1 is 1.38 bits per heavy atom. The van der Waals surface area contributed by atoms with E-state index in [2.05, 4.69) is 23.4 Å².